The van der Waals surface area contributed by atoms with Gasteiger partial charge in [-0.25, -0.2) is 4.98 Å². The van der Waals surface area contributed by atoms with Crippen LogP contribution in [-0.4, -0.2) is 33.4 Å². The summed E-state index contributed by atoms with van der Waals surface area (Å²) in [5.74, 6) is 2.37. The van der Waals surface area contributed by atoms with Crippen LogP contribution in [0, 0.1) is 17.8 Å². The van der Waals surface area contributed by atoms with Gasteiger partial charge in [-0.15, -0.1) is 24.8 Å². The summed E-state index contributed by atoms with van der Waals surface area (Å²) in [7, 11) is 1.91. The fraction of sp³-hybridized carbons (Fsp3) is 0.545. The zero-order valence-electron chi connectivity index (χ0n) is 16.9. The normalized spacial score (nSPS) is 25.4. The number of carbonyl (C=O) groups is 1. The molecule has 2 saturated carbocycles. The molecule has 0 spiro atoms. The molecule has 7 heteroatoms. The zero-order chi connectivity index (χ0) is 18.8. The molecule has 2 aliphatic rings. The van der Waals surface area contributed by atoms with Gasteiger partial charge in [0, 0.05) is 37.9 Å². The SMILES string of the molecule is CN(Cc1nccn1Cc1ccccc1)C(=O)C1CC2CCCC(C1)C2N.Cl.Cl. The van der Waals surface area contributed by atoms with Gasteiger partial charge in [0.2, 0.25) is 5.91 Å². The molecule has 1 heterocycles. The van der Waals surface area contributed by atoms with Crippen LogP contribution in [0.25, 0.3) is 0 Å². The largest absolute Gasteiger partial charge is 0.338 e. The van der Waals surface area contributed by atoms with Gasteiger partial charge in [-0.3, -0.25) is 4.79 Å². The number of imidazole rings is 1. The lowest BCUT2D eigenvalue weighted by molar-refractivity contribution is -0.138. The topological polar surface area (TPSA) is 64.2 Å². The fourth-order valence-corrected chi connectivity index (χ4v) is 5.01. The lowest BCUT2D eigenvalue weighted by atomic mass is 9.65. The number of carbonyl (C=O) groups excluding carboxylic acids is 1. The van der Waals surface area contributed by atoms with E-state index >= 15 is 0 Å². The second-order valence-electron chi connectivity index (χ2n) is 8.35. The molecule has 1 aromatic carbocycles. The van der Waals surface area contributed by atoms with Crippen molar-refractivity contribution in [3.05, 3.63) is 54.1 Å². The van der Waals surface area contributed by atoms with Crippen LogP contribution >= 0.6 is 24.8 Å². The highest BCUT2D eigenvalue weighted by atomic mass is 35.5. The van der Waals surface area contributed by atoms with Gasteiger partial charge in [-0.2, -0.15) is 0 Å². The highest BCUT2D eigenvalue weighted by Crippen LogP contribution is 2.42. The Morgan fingerprint density at radius 2 is 1.83 bits per heavy atom. The molecular weight excluding hydrogens is 407 g/mol. The van der Waals surface area contributed by atoms with Crippen LogP contribution in [0.4, 0.5) is 0 Å². The standard InChI is InChI=1S/C22H30N4O.2ClH/c1-25(22(27)19-12-17-8-5-9-18(13-19)21(17)23)15-20-24-10-11-26(20)14-16-6-3-2-4-7-16;;/h2-4,6-7,10-11,17-19,21H,5,8-9,12-15,23H2,1H3;2*1H. The van der Waals surface area contributed by atoms with Crippen molar-refractivity contribution in [2.24, 2.45) is 23.5 Å². The predicted octanol–water partition coefficient (Wildman–Crippen LogP) is 3.89. The Morgan fingerprint density at radius 3 is 2.48 bits per heavy atom. The molecule has 1 amide bonds. The Bertz CT molecular complexity index is 768. The summed E-state index contributed by atoms with van der Waals surface area (Å²) in [6.07, 6.45) is 9.37. The maximum Gasteiger partial charge on any atom is 0.225 e. The molecule has 29 heavy (non-hydrogen) atoms. The summed E-state index contributed by atoms with van der Waals surface area (Å²) in [6, 6.07) is 10.7. The predicted molar refractivity (Wildman–Crippen MR) is 120 cm³/mol. The Labute approximate surface area is 185 Å². The van der Waals surface area contributed by atoms with Gasteiger partial charge in [-0.05, 0) is 43.1 Å². The average Bonchev–Trinajstić information content (AvgIpc) is 3.08. The molecule has 2 aliphatic carbocycles. The molecular formula is C22H32Cl2N4O. The average molecular weight is 439 g/mol. The minimum Gasteiger partial charge on any atom is -0.338 e. The molecule has 0 saturated heterocycles. The molecule has 0 aliphatic heterocycles. The van der Waals surface area contributed by atoms with Gasteiger partial charge < -0.3 is 15.2 Å². The van der Waals surface area contributed by atoms with Crippen LogP contribution in [0.2, 0.25) is 0 Å². The molecule has 2 N–H and O–H groups in total. The quantitative estimate of drug-likeness (QED) is 0.769. The van der Waals surface area contributed by atoms with E-state index in [2.05, 4.69) is 21.7 Å². The highest BCUT2D eigenvalue weighted by molar-refractivity contribution is 5.85. The first-order chi connectivity index (χ1) is 13.1. The minimum atomic E-state index is 0. The summed E-state index contributed by atoms with van der Waals surface area (Å²) in [5.41, 5.74) is 7.62. The number of benzene rings is 1. The van der Waals surface area contributed by atoms with Crippen molar-refractivity contribution < 1.29 is 4.79 Å². The Balaban J connectivity index is 0.00000150. The van der Waals surface area contributed by atoms with Crippen molar-refractivity contribution in [2.75, 3.05) is 7.05 Å². The highest BCUT2D eigenvalue weighted by Gasteiger charge is 2.41. The maximum absolute atomic E-state index is 13.1. The monoisotopic (exact) mass is 438 g/mol. The third-order valence-corrected chi connectivity index (χ3v) is 6.51. The number of rotatable bonds is 5. The summed E-state index contributed by atoms with van der Waals surface area (Å²) in [6.45, 7) is 1.33. The third kappa shape index (κ3) is 5.33. The molecule has 4 rings (SSSR count). The van der Waals surface area contributed by atoms with E-state index in [4.69, 9.17) is 5.73 Å². The van der Waals surface area contributed by atoms with Crippen molar-refractivity contribution in [3.8, 4) is 0 Å². The third-order valence-electron chi connectivity index (χ3n) is 6.51. The summed E-state index contributed by atoms with van der Waals surface area (Å²) < 4.78 is 2.13. The van der Waals surface area contributed by atoms with E-state index in [1.54, 1.807) is 0 Å². The van der Waals surface area contributed by atoms with Crippen molar-refractivity contribution in [2.45, 2.75) is 51.2 Å². The fourth-order valence-electron chi connectivity index (χ4n) is 5.01. The van der Waals surface area contributed by atoms with Crippen LogP contribution < -0.4 is 5.73 Å². The number of amides is 1. The molecule has 2 atom stereocenters. The zero-order valence-corrected chi connectivity index (χ0v) is 18.6. The second-order valence-corrected chi connectivity index (χ2v) is 8.35. The molecule has 2 unspecified atom stereocenters. The molecule has 2 bridgehead atoms. The summed E-state index contributed by atoms with van der Waals surface area (Å²) in [5, 5.41) is 0. The van der Waals surface area contributed by atoms with Gasteiger partial charge in [0.1, 0.15) is 5.82 Å². The van der Waals surface area contributed by atoms with Gasteiger partial charge in [0.05, 0.1) is 6.54 Å². The Kier molecular flexibility index (Phi) is 8.56. The molecule has 5 nitrogen and oxygen atoms in total. The van der Waals surface area contributed by atoms with E-state index in [1.165, 1.54) is 24.8 Å². The van der Waals surface area contributed by atoms with Crippen LogP contribution in [0.15, 0.2) is 42.7 Å². The second kappa shape index (κ2) is 10.5. The molecule has 1 aromatic heterocycles. The van der Waals surface area contributed by atoms with Gasteiger partial charge >= 0.3 is 0 Å². The number of hydrogen-bond donors (Lipinski definition) is 1. The van der Waals surface area contributed by atoms with Crippen LogP contribution in [0.3, 0.4) is 0 Å². The number of nitrogens with two attached hydrogens (primary N) is 1. The molecule has 2 aromatic rings. The first-order valence-corrected chi connectivity index (χ1v) is 10.2. The lowest BCUT2D eigenvalue weighted by Gasteiger charge is -2.44. The molecule has 2 fully saturated rings. The maximum atomic E-state index is 13.1. The lowest BCUT2D eigenvalue weighted by Crippen LogP contribution is -2.49. The number of aromatic nitrogens is 2. The first-order valence-electron chi connectivity index (χ1n) is 10.2. The van der Waals surface area contributed by atoms with Crippen molar-refractivity contribution in [1.82, 2.24) is 14.5 Å². The van der Waals surface area contributed by atoms with Gasteiger partial charge in [0.25, 0.3) is 0 Å². The summed E-state index contributed by atoms with van der Waals surface area (Å²) >= 11 is 0. The van der Waals surface area contributed by atoms with E-state index in [-0.39, 0.29) is 36.6 Å². The molecule has 160 valence electrons. The van der Waals surface area contributed by atoms with E-state index in [9.17, 15) is 4.79 Å². The van der Waals surface area contributed by atoms with E-state index in [1.807, 2.05) is 42.5 Å². The number of nitrogens with zero attached hydrogens (tertiary/aromatic N) is 3. The van der Waals surface area contributed by atoms with Crippen LogP contribution in [0.5, 0.6) is 0 Å². The number of fused-ring (bicyclic) bond motifs is 2. The Hall–Kier alpha value is -1.56. The van der Waals surface area contributed by atoms with Crippen molar-refractivity contribution in [1.29, 1.82) is 0 Å². The number of hydrogen-bond acceptors (Lipinski definition) is 3. The van der Waals surface area contributed by atoms with Crippen LogP contribution in [0.1, 0.15) is 43.5 Å². The van der Waals surface area contributed by atoms with Crippen molar-refractivity contribution >= 4 is 30.7 Å². The van der Waals surface area contributed by atoms with E-state index in [0.717, 1.165) is 25.2 Å². The van der Waals surface area contributed by atoms with Crippen LogP contribution in [-0.2, 0) is 17.9 Å². The van der Waals surface area contributed by atoms with E-state index in [0.29, 0.717) is 24.4 Å². The molecule has 0 radical (unpaired) electrons. The van der Waals surface area contributed by atoms with E-state index < -0.39 is 0 Å². The Morgan fingerprint density at radius 1 is 1.17 bits per heavy atom. The number of halogens is 2. The van der Waals surface area contributed by atoms with Crippen molar-refractivity contribution in [3.63, 3.8) is 0 Å². The smallest absolute Gasteiger partial charge is 0.225 e. The first kappa shape index (κ1) is 23.7. The summed E-state index contributed by atoms with van der Waals surface area (Å²) in [4.78, 5) is 19.4. The minimum absolute atomic E-state index is 0. The van der Waals surface area contributed by atoms with Gasteiger partial charge in [0.15, 0.2) is 0 Å². The van der Waals surface area contributed by atoms with Gasteiger partial charge in [-0.1, -0.05) is 36.8 Å².